The Morgan fingerprint density at radius 2 is 1.61 bits per heavy atom. The van der Waals surface area contributed by atoms with Crippen molar-refractivity contribution in [2.75, 3.05) is 19.6 Å². The zero-order valence-electron chi connectivity index (χ0n) is 19.8. The second kappa shape index (κ2) is 15.4. The summed E-state index contributed by atoms with van der Waals surface area (Å²) in [5.41, 5.74) is 15.2. The molecule has 0 heterocycles. The first kappa shape index (κ1) is 29.6. The quantitative estimate of drug-likeness (QED) is 0.0789. The Kier molecular flexibility index (Phi) is 13.8. The molecule has 2 atom stereocenters. The lowest BCUT2D eigenvalue weighted by atomic mass is 10.1. The maximum absolute atomic E-state index is 12.6. The van der Waals surface area contributed by atoms with E-state index in [9.17, 15) is 19.2 Å². The third-order valence-electron chi connectivity index (χ3n) is 3.92. The minimum Gasteiger partial charge on any atom is -0.444 e. The predicted octanol–water partition coefficient (Wildman–Crippen LogP) is -1.11. The Hall–Kier alpha value is -3.38. The van der Waals surface area contributed by atoms with Crippen molar-refractivity contribution < 1.29 is 23.9 Å². The van der Waals surface area contributed by atoms with E-state index in [1.165, 1.54) is 0 Å². The molecule has 0 rings (SSSR count). The van der Waals surface area contributed by atoms with E-state index < -0.39 is 35.6 Å². The summed E-state index contributed by atoms with van der Waals surface area (Å²) in [6, 6.07) is -1.68. The van der Waals surface area contributed by atoms with E-state index in [-0.39, 0.29) is 18.9 Å². The standard InChI is InChI=1S/C20H38N8O5/c1-13(21)24-9-6-8-15(28-19(32)33-20(2,3)4)17(31)26-11-16(30)27-14(12-29)7-5-10-25-18(22)23/h12,14-15H,5-11H2,1-4H3,(H2,21,24)(H,26,31)(H,27,30)(H,28,32)(H4,22,23,25)/t14-,15+/m0/s1. The molecule has 0 spiro atoms. The molecule has 0 aromatic carbocycles. The topological polar surface area (TPSA) is 216 Å². The number of guanidine groups is 1. The van der Waals surface area contributed by atoms with E-state index in [2.05, 4.69) is 25.9 Å². The van der Waals surface area contributed by atoms with Crippen LogP contribution in [0.15, 0.2) is 9.98 Å². The summed E-state index contributed by atoms with van der Waals surface area (Å²) in [6.07, 6.45) is 1.39. The highest BCUT2D eigenvalue weighted by atomic mass is 16.6. The van der Waals surface area contributed by atoms with Gasteiger partial charge in [0, 0.05) is 13.1 Å². The van der Waals surface area contributed by atoms with Gasteiger partial charge >= 0.3 is 6.09 Å². The molecule has 0 saturated heterocycles. The molecule has 0 saturated carbocycles. The van der Waals surface area contributed by atoms with E-state index in [4.69, 9.17) is 21.9 Å². The molecule has 13 nitrogen and oxygen atoms in total. The molecule has 33 heavy (non-hydrogen) atoms. The Balaban J connectivity index is 4.78. The molecule has 13 heteroatoms. The van der Waals surface area contributed by atoms with Crippen molar-refractivity contribution in [3.05, 3.63) is 0 Å². The van der Waals surface area contributed by atoms with Crippen LogP contribution in [0, 0.1) is 0 Å². The van der Waals surface area contributed by atoms with Crippen LogP contribution in [0.4, 0.5) is 4.79 Å². The van der Waals surface area contributed by atoms with Crippen molar-refractivity contribution in [1.29, 1.82) is 0 Å². The number of aliphatic imine (C=N–C) groups is 2. The molecule has 0 aromatic heterocycles. The van der Waals surface area contributed by atoms with Crippen LogP contribution in [0.2, 0.25) is 0 Å². The average Bonchev–Trinajstić information content (AvgIpc) is 2.68. The molecule has 188 valence electrons. The first-order chi connectivity index (χ1) is 15.3. The van der Waals surface area contributed by atoms with Gasteiger partial charge in [-0.1, -0.05) is 0 Å². The molecular formula is C20H38N8O5. The smallest absolute Gasteiger partial charge is 0.408 e. The number of alkyl carbamates (subject to hydrolysis) is 1. The molecule has 0 aliphatic carbocycles. The fourth-order valence-corrected chi connectivity index (χ4v) is 2.51. The first-order valence-corrected chi connectivity index (χ1v) is 10.7. The summed E-state index contributed by atoms with van der Waals surface area (Å²) >= 11 is 0. The molecular weight excluding hydrogens is 432 g/mol. The number of rotatable bonds is 14. The van der Waals surface area contributed by atoms with E-state index in [0.29, 0.717) is 44.5 Å². The molecule has 0 aliphatic heterocycles. The molecule has 0 unspecified atom stereocenters. The predicted molar refractivity (Wildman–Crippen MR) is 125 cm³/mol. The number of nitrogens with two attached hydrogens (primary N) is 3. The lowest BCUT2D eigenvalue weighted by Crippen LogP contribution is -2.50. The van der Waals surface area contributed by atoms with Crippen molar-refractivity contribution in [3.8, 4) is 0 Å². The number of aldehydes is 1. The second-order valence-electron chi connectivity index (χ2n) is 8.34. The van der Waals surface area contributed by atoms with Gasteiger partial charge in [-0.15, -0.1) is 0 Å². The number of nitrogens with zero attached hydrogens (tertiary/aromatic N) is 2. The van der Waals surface area contributed by atoms with Gasteiger partial charge < -0.3 is 42.7 Å². The lowest BCUT2D eigenvalue weighted by molar-refractivity contribution is -0.128. The van der Waals surface area contributed by atoms with E-state index >= 15 is 0 Å². The van der Waals surface area contributed by atoms with Crippen LogP contribution in [0.3, 0.4) is 0 Å². The van der Waals surface area contributed by atoms with E-state index in [1.807, 2.05) is 0 Å². The van der Waals surface area contributed by atoms with Gasteiger partial charge in [-0.25, -0.2) is 4.79 Å². The maximum atomic E-state index is 12.6. The maximum Gasteiger partial charge on any atom is 0.408 e. The van der Waals surface area contributed by atoms with Crippen molar-refractivity contribution in [2.24, 2.45) is 27.2 Å². The van der Waals surface area contributed by atoms with Crippen LogP contribution in [-0.2, 0) is 19.1 Å². The molecule has 0 radical (unpaired) electrons. The van der Waals surface area contributed by atoms with E-state index in [1.54, 1.807) is 27.7 Å². The molecule has 0 aliphatic rings. The van der Waals surface area contributed by atoms with Crippen molar-refractivity contribution >= 4 is 36.0 Å². The van der Waals surface area contributed by atoms with Crippen LogP contribution in [-0.4, -0.2) is 73.3 Å². The highest BCUT2D eigenvalue weighted by Crippen LogP contribution is 2.08. The molecule has 3 amide bonds. The zero-order valence-corrected chi connectivity index (χ0v) is 19.8. The fourth-order valence-electron chi connectivity index (χ4n) is 2.51. The van der Waals surface area contributed by atoms with Crippen molar-refractivity contribution in [3.63, 3.8) is 0 Å². The average molecular weight is 471 g/mol. The first-order valence-electron chi connectivity index (χ1n) is 10.7. The molecule has 0 fully saturated rings. The minimum absolute atomic E-state index is 0.0519. The Morgan fingerprint density at radius 3 is 2.15 bits per heavy atom. The largest absolute Gasteiger partial charge is 0.444 e. The Bertz CT molecular complexity index is 710. The van der Waals surface area contributed by atoms with Gasteiger partial charge in [0.1, 0.15) is 17.9 Å². The lowest BCUT2D eigenvalue weighted by Gasteiger charge is -2.23. The number of hydrogen-bond donors (Lipinski definition) is 6. The summed E-state index contributed by atoms with van der Waals surface area (Å²) in [5, 5.41) is 7.48. The monoisotopic (exact) mass is 470 g/mol. The Labute approximate surface area is 194 Å². The second-order valence-corrected chi connectivity index (χ2v) is 8.34. The third-order valence-corrected chi connectivity index (χ3v) is 3.92. The number of nitrogens with one attached hydrogen (secondary N) is 3. The number of hydrogen-bond acceptors (Lipinski definition) is 7. The zero-order chi connectivity index (χ0) is 25.4. The Morgan fingerprint density at radius 1 is 1.00 bits per heavy atom. The van der Waals surface area contributed by atoms with Crippen molar-refractivity contribution in [2.45, 2.75) is 71.1 Å². The van der Waals surface area contributed by atoms with Crippen LogP contribution in [0.1, 0.15) is 53.4 Å². The molecule has 0 aromatic rings. The van der Waals surface area contributed by atoms with Gasteiger partial charge in [-0.2, -0.15) is 0 Å². The minimum atomic E-state index is -0.942. The summed E-state index contributed by atoms with van der Waals surface area (Å²) in [6.45, 7) is 7.08. The summed E-state index contributed by atoms with van der Waals surface area (Å²) in [5.74, 6) is -0.763. The summed E-state index contributed by atoms with van der Waals surface area (Å²) in [7, 11) is 0. The summed E-state index contributed by atoms with van der Waals surface area (Å²) in [4.78, 5) is 55.8. The van der Waals surface area contributed by atoms with Gasteiger partial charge in [-0.05, 0) is 53.4 Å². The number of ether oxygens (including phenoxy) is 1. The van der Waals surface area contributed by atoms with Crippen LogP contribution < -0.4 is 33.2 Å². The van der Waals surface area contributed by atoms with Crippen molar-refractivity contribution in [1.82, 2.24) is 16.0 Å². The normalized spacial score (nSPS) is 13.3. The van der Waals surface area contributed by atoms with Gasteiger partial charge in [-0.3, -0.25) is 19.6 Å². The number of carbonyl (C=O) groups is 4. The van der Waals surface area contributed by atoms with E-state index in [0.717, 1.165) is 0 Å². The molecule has 9 N–H and O–H groups in total. The van der Waals surface area contributed by atoms with Gasteiger partial charge in [0.25, 0.3) is 0 Å². The van der Waals surface area contributed by atoms with Gasteiger partial charge in [0.05, 0.1) is 18.4 Å². The number of amides is 3. The van der Waals surface area contributed by atoms with Crippen LogP contribution in [0.5, 0.6) is 0 Å². The van der Waals surface area contributed by atoms with Crippen LogP contribution >= 0.6 is 0 Å². The van der Waals surface area contributed by atoms with Gasteiger partial charge in [0.15, 0.2) is 5.96 Å². The summed E-state index contributed by atoms with van der Waals surface area (Å²) < 4.78 is 5.20. The van der Waals surface area contributed by atoms with Gasteiger partial charge in [0.2, 0.25) is 11.8 Å². The number of amidine groups is 1. The third kappa shape index (κ3) is 16.9. The fraction of sp³-hybridized carbons (Fsp3) is 0.700. The highest BCUT2D eigenvalue weighted by molar-refractivity contribution is 5.90. The highest BCUT2D eigenvalue weighted by Gasteiger charge is 2.24. The van der Waals surface area contributed by atoms with Crippen LogP contribution in [0.25, 0.3) is 0 Å². The molecule has 0 bridgehead atoms. The number of carbonyl (C=O) groups excluding carboxylic acids is 4. The SMILES string of the molecule is CC(N)=NCCC[C@@H](NC(=O)OC(C)(C)C)C(=O)NCC(=O)N[C@H](C=O)CCCN=C(N)N.